The molecule has 1 amide bonds. The van der Waals surface area contributed by atoms with Gasteiger partial charge in [-0.3, -0.25) is 4.79 Å². The summed E-state index contributed by atoms with van der Waals surface area (Å²) in [5, 5.41) is 0. The summed E-state index contributed by atoms with van der Waals surface area (Å²) in [6.45, 7) is 4.72. The summed E-state index contributed by atoms with van der Waals surface area (Å²) in [4.78, 5) is 22.5. The Morgan fingerprint density at radius 3 is 2.18 bits per heavy atom. The summed E-state index contributed by atoms with van der Waals surface area (Å²) in [5.41, 5.74) is 0.0417. The third-order valence-corrected chi connectivity index (χ3v) is 1.30. The van der Waals surface area contributed by atoms with E-state index in [1.54, 1.807) is 0 Å². The molecule has 62 valence electrons. The minimum Gasteiger partial charge on any atom is -0.464 e. The lowest BCUT2D eigenvalue weighted by atomic mass is 10.4. The van der Waals surface area contributed by atoms with E-state index >= 15 is 0 Å². The van der Waals surface area contributed by atoms with Gasteiger partial charge in [-0.2, -0.15) is 0 Å². The number of esters is 1. The maximum Gasteiger partial charge on any atom is 0.354 e. The van der Waals surface area contributed by atoms with Gasteiger partial charge in [-0.1, -0.05) is 6.58 Å². The van der Waals surface area contributed by atoms with Crippen LogP contribution in [-0.2, 0) is 14.3 Å². The Morgan fingerprint density at radius 1 is 1.45 bits per heavy atom. The highest BCUT2D eigenvalue weighted by Crippen LogP contribution is 1.99. The third-order valence-electron chi connectivity index (χ3n) is 1.30. The molecule has 0 aromatic heterocycles. The zero-order valence-corrected chi connectivity index (χ0v) is 6.88. The zero-order valence-electron chi connectivity index (χ0n) is 6.88. The van der Waals surface area contributed by atoms with Crippen molar-refractivity contribution in [3.05, 3.63) is 12.3 Å². The Kier molecular flexibility index (Phi) is 3.30. The second-order valence-corrected chi connectivity index (χ2v) is 2.02. The number of carbonyl (C=O) groups is 2. The van der Waals surface area contributed by atoms with Gasteiger partial charge in [-0.15, -0.1) is 0 Å². The highest BCUT2D eigenvalue weighted by molar-refractivity contribution is 5.92. The van der Waals surface area contributed by atoms with Gasteiger partial charge in [0.05, 0.1) is 7.11 Å². The largest absolute Gasteiger partial charge is 0.464 e. The van der Waals surface area contributed by atoms with Gasteiger partial charge in [0.1, 0.15) is 5.70 Å². The number of hydrogen-bond donors (Lipinski definition) is 0. The van der Waals surface area contributed by atoms with Crippen molar-refractivity contribution in [2.75, 3.05) is 14.2 Å². The van der Waals surface area contributed by atoms with Gasteiger partial charge in [-0.05, 0) is 0 Å². The molecule has 0 aliphatic heterocycles. The molecular formula is C7H11NO3. The number of methoxy groups -OCH3 is 1. The van der Waals surface area contributed by atoms with Crippen LogP contribution in [0.2, 0.25) is 0 Å². The normalized spacial score (nSPS) is 8.64. The lowest BCUT2D eigenvalue weighted by molar-refractivity contribution is -0.140. The molecule has 0 aromatic carbocycles. The summed E-state index contributed by atoms with van der Waals surface area (Å²) >= 11 is 0. The first-order chi connectivity index (χ1) is 5.00. The lowest BCUT2D eigenvalue weighted by Gasteiger charge is -2.14. The molecule has 0 radical (unpaired) electrons. The molecule has 0 saturated carbocycles. The fourth-order valence-corrected chi connectivity index (χ4v) is 0.445. The molecule has 4 heteroatoms. The summed E-state index contributed by atoms with van der Waals surface area (Å²) in [6.07, 6.45) is 0. The molecule has 0 aliphatic carbocycles. The maximum atomic E-state index is 10.7. The Balaban J connectivity index is 4.25. The molecule has 0 bridgehead atoms. The van der Waals surface area contributed by atoms with Crippen molar-refractivity contribution in [1.29, 1.82) is 0 Å². The number of carbonyl (C=O) groups excluding carboxylic acids is 2. The Hall–Kier alpha value is -1.32. The van der Waals surface area contributed by atoms with Crippen molar-refractivity contribution in [2.24, 2.45) is 0 Å². The van der Waals surface area contributed by atoms with Gasteiger partial charge < -0.3 is 9.64 Å². The standard InChI is InChI=1S/C7H11NO3/c1-5(7(10)11-4)8(3)6(2)9/h1H2,2-4H3. The SMILES string of the molecule is C=C(C(=O)OC)N(C)C(C)=O. The van der Waals surface area contributed by atoms with E-state index < -0.39 is 5.97 Å². The van der Waals surface area contributed by atoms with Gasteiger partial charge >= 0.3 is 5.97 Å². The average molecular weight is 157 g/mol. The van der Waals surface area contributed by atoms with Crippen molar-refractivity contribution in [1.82, 2.24) is 4.90 Å². The van der Waals surface area contributed by atoms with Gasteiger partial charge in [0, 0.05) is 14.0 Å². The van der Waals surface area contributed by atoms with Crippen LogP contribution in [0.3, 0.4) is 0 Å². The first-order valence-corrected chi connectivity index (χ1v) is 3.02. The van der Waals surface area contributed by atoms with Crippen molar-refractivity contribution >= 4 is 11.9 Å². The van der Waals surface area contributed by atoms with Crippen LogP contribution in [0.4, 0.5) is 0 Å². The van der Waals surface area contributed by atoms with Crippen LogP contribution < -0.4 is 0 Å². The van der Waals surface area contributed by atoms with E-state index in [0.717, 1.165) is 4.90 Å². The number of amides is 1. The summed E-state index contributed by atoms with van der Waals surface area (Å²) in [7, 11) is 2.70. The number of likely N-dealkylation sites (N-methyl/N-ethyl adjacent to an activating group) is 1. The molecule has 0 heterocycles. The van der Waals surface area contributed by atoms with Crippen LogP contribution >= 0.6 is 0 Å². The average Bonchev–Trinajstić information content (AvgIpc) is 2.00. The van der Waals surface area contributed by atoms with Crippen LogP contribution in [-0.4, -0.2) is 30.9 Å². The van der Waals surface area contributed by atoms with Crippen molar-refractivity contribution < 1.29 is 14.3 Å². The number of nitrogens with zero attached hydrogens (tertiary/aromatic N) is 1. The molecule has 0 atom stereocenters. The number of ether oxygens (including phenoxy) is 1. The maximum absolute atomic E-state index is 10.7. The minimum atomic E-state index is -0.595. The first-order valence-electron chi connectivity index (χ1n) is 3.02. The van der Waals surface area contributed by atoms with Crippen LogP contribution in [0.15, 0.2) is 12.3 Å². The smallest absolute Gasteiger partial charge is 0.354 e. The van der Waals surface area contributed by atoms with E-state index in [0.29, 0.717) is 0 Å². The monoisotopic (exact) mass is 157 g/mol. The molecular weight excluding hydrogens is 146 g/mol. The summed E-state index contributed by atoms with van der Waals surface area (Å²) in [6, 6.07) is 0. The fraction of sp³-hybridized carbons (Fsp3) is 0.429. The predicted octanol–water partition coefficient (Wildman–Crippen LogP) is 0.151. The summed E-state index contributed by atoms with van der Waals surface area (Å²) in [5.74, 6) is -0.844. The molecule has 11 heavy (non-hydrogen) atoms. The van der Waals surface area contributed by atoms with Gasteiger partial charge in [0.25, 0.3) is 0 Å². The van der Waals surface area contributed by atoms with Crippen LogP contribution in [0.5, 0.6) is 0 Å². The summed E-state index contributed by atoms with van der Waals surface area (Å²) < 4.78 is 4.35. The lowest BCUT2D eigenvalue weighted by Crippen LogP contribution is -2.27. The number of hydrogen-bond acceptors (Lipinski definition) is 3. The van der Waals surface area contributed by atoms with E-state index in [2.05, 4.69) is 11.3 Å². The molecule has 0 aliphatic rings. The van der Waals surface area contributed by atoms with Crippen LogP contribution in [0, 0.1) is 0 Å². The van der Waals surface area contributed by atoms with Gasteiger partial charge in [-0.25, -0.2) is 4.79 Å². The molecule has 0 fully saturated rings. The molecule has 0 saturated heterocycles. The fourth-order valence-electron chi connectivity index (χ4n) is 0.445. The van der Waals surface area contributed by atoms with Crippen LogP contribution in [0.25, 0.3) is 0 Å². The first kappa shape index (κ1) is 9.68. The predicted molar refractivity (Wildman–Crippen MR) is 39.6 cm³/mol. The minimum absolute atomic E-state index is 0.0417. The third kappa shape index (κ3) is 2.41. The molecule has 0 rings (SSSR count). The van der Waals surface area contributed by atoms with E-state index in [1.807, 2.05) is 0 Å². The Labute approximate surface area is 65.4 Å². The van der Waals surface area contributed by atoms with Gasteiger partial charge in [0.15, 0.2) is 0 Å². The second-order valence-electron chi connectivity index (χ2n) is 2.02. The van der Waals surface area contributed by atoms with E-state index in [4.69, 9.17) is 0 Å². The van der Waals surface area contributed by atoms with Crippen molar-refractivity contribution in [2.45, 2.75) is 6.92 Å². The Bertz CT molecular complexity index is 198. The zero-order chi connectivity index (χ0) is 9.02. The molecule has 4 nitrogen and oxygen atoms in total. The van der Waals surface area contributed by atoms with E-state index in [9.17, 15) is 9.59 Å². The molecule has 0 spiro atoms. The molecule has 0 aromatic rings. The topological polar surface area (TPSA) is 46.6 Å². The number of rotatable bonds is 2. The molecule has 0 N–H and O–H groups in total. The van der Waals surface area contributed by atoms with Gasteiger partial charge in [0.2, 0.25) is 5.91 Å². The highest BCUT2D eigenvalue weighted by atomic mass is 16.5. The quantitative estimate of drug-likeness (QED) is 0.423. The highest BCUT2D eigenvalue weighted by Gasteiger charge is 2.14. The second kappa shape index (κ2) is 3.75. The van der Waals surface area contributed by atoms with Crippen molar-refractivity contribution in [3.8, 4) is 0 Å². The molecule has 0 unspecified atom stereocenters. The van der Waals surface area contributed by atoms with Crippen LogP contribution in [0.1, 0.15) is 6.92 Å². The Morgan fingerprint density at radius 2 is 1.91 bits per heavy atom. The van der Waals surface area contributed by atoms with E-state index in [-0.39, 0.29) is 11.6 Å². The van der Waals surface area contributed by atoms with E-state index in [1.165, 1.54) is 21.1 Å². The van der Waals surface area contributed by atoms with Crippen molar-refractivity contribution in [3.63, 3.8) is 0 Å².